The van der Waals surface area contributed by atoms with Gasteiger partial charge in [0, 0.05) is 24.4 Å². The summed E-state index contributed by atoms with van der Waals surface area (Å²) in [7, 11) is 0. The molecule has 1 aromatic heterocycles. The van der Waals surface area contributed by atoms with Gasteiger partial charge in [-0.3, -0.25) is 4.79 Å². The van der Waals surface area contributed by atoms with Crippen LogP contribution in [0.15, 0.2) is 12.5 Å². The van der Waals surface area contributed by atoms with E-state index in [1.54, 1.807) is 6.20 Å². The first kappa shape index (κ1) is 14.1. The van der Waals surface area contributed by atoms with Crippen LogP contribution in [0.25, 0.3) is 0 Å². The smallest absolute Gasteiger partial charge is 0.326 e. The van der Waals surface area contributed by atoms with Gasteiger partial charge in [0.15, 0.2) is 0 Å². The van der Waals surface area contributed by atoms with E-state index in [0.717, 1.165) is 19.3 Å². The van der Waals surface area contributed by atoms with Crippen molar-refractivity contribution >= 4 is 11.9 Å². The quantitative estimate of drug-likeness (QED) is 0.603. The molecular formula is C14H20N4O3. The maximum atomic E-state index is 12.4. The lowest BCUT2D eigenvalue weighted by atomic mass is 9.84. The molecule has 2 saturated carbocycles. The number of amides is 1. The number of hydrogen-bond donors (Lipinski definition) is 4. The lowest BCUT2D eigenvalue weighted by Gasteiger charge is -2.28. The molecule has 7 heteroatoms. The number of nitrogens with zero attached hydrogens (tertiary/aromatic N) is 1. The van der Waals surface area contributed by atoms with Crippen LogP contribution < -0.4 is 11.1 Å². The Labute approximate surface area is 122 Å². The largest absolute Gasteiger partial charge is 0.480 e. The Balaban J connectivity index is 1.65. The summed E-state index contributed by atoms with van der Waals surface area (Å²) in [4.78, 5) is 30.4. The maximum Gasteiger partial charge on any atom is 0.326 e. The van der Waals surface area contributed by atoms with Crippen molar-refractivity contribution in [3.8, 4) is 0 Å². The molecule has 0 spiro atoms. The number of hydrogen-bond acceptors (Lipinski definition) is 4. The van der Waals surface area contributed by atoms with E-state index in [1.165, 1.54) is 6.33 Å². The van der Waals surface area contributed by atoms with Crippen molar-refractivity contribution in [1.29, 1.82) is 0 Å². The van der Waals surface area contributed by atoms with Gasteiger partial charge in [-0.1, -0.05) is 0 Å². The minimum Gasteiger partial charge on any atom is -0.480 e. The van der Waals surface area contributed by atoms with Crippen molar-refractivity contribution in [2.24, 2.45) is 23.5 Å². The number of carbonyl (C=O) groups excluding carboxylic acids is 1. The van der Waals surface area contributed by atoms with Crippen LogP contribution in [0.1, 0.15) is 25.0 Å². The third-order valence-electron chi connectivity index (χ3n) is 4.88. The van der Waals surface area contributed by atoms with Crippen molar-refractivity contribution < 1.29 is 14.7 Å². The molecular weight excluding hydrogens is 272 g/mol. The highest BCUT2D eigenvalue weighted by atomic mass is 16.4. The van der Waals surface area contributed by atoms with Gasteiger partial charge >= 0.3 is 5.97 Å². The average molecular weight is 292 g/mol. The molecule has 2 bridgehead atoms. The molecule has 2 aliphatic rings. The van der Waals surface area contributed by atoms with Crippen molar-refractivity contribution in [3.05, 3.63) is 18.2 Å². The second-order valence-electron chi connectivity index (χ2n) is 6.12. The monoisotopic (exact) mass is 292 g/mol. The van der Waals surface area contributed by atoms with E-state index in [4.69, 9.17) is 5.73 Å². The number of H-pyrrole nitrogens is 1. The number of imidazole rings is 1. The molecule has 2 aliphatic carbocycles. The van der Waals surface area contributed by atoms with Gasteiger partial charge in [-0.15, -0.1) is 0 Å². The number of carboxylic acid groups (broad SMARTS) is 1. The number of aromatic amines is 1. The van der Waals surface area contributed by atoms with Gasteiger partial charge in [0.2, 0.25) is 5.91 Å². The first-order chi connectivity index (χ1) is 10.1. The second-order valence-corrected chi connectivity index (χ2v) is 6.12. The number of nitrogens with one attached hydrogen (secondary N) is 2. The number of carbonyl (C=O) groups is 2. The predicted octanol–water partition coefficient (Wildman–Crippen LogP) is -0.105. The number of fused-ring (bicyclic) bond motifs is 2. The zero-order valence-electron chi connectivity index (χ0n) is 11.7. The summed E-state index contributed by atoms with van der Waals surface area (Å²) >= 11 is 0. The van der Waals surface area contributed by atoms with Gasteiger partial charge in [-0.25, -0.2) is 9.78 Å². The first-order valence-electron chi connectivity index (χ1n) is 7.32. The van der Waals surface area contributed by atoms with E-state index in [1.807, 2.05) is 0 Å². The molecule has 5 atom stereocenters. The molecule has 0 radical (unpaired) electrons. The van der Waals surface area contributed by atoms with E-state index in [2.05, 4.69) is 15.3 Å². The van der Waals surface area contributed by atoms with Gasteiger partial charge in [-0.05, 0) is 31.1 Å². The van der Waals surface area contributed by atoms with Gasteiger partial charge < -0.3 is 21.1 Å². The summed E-state index contributed by atoms with van der Waals surface area (Å²) in [5, 5.41) is 11.9. The lowest BCUT2D eigenvalue weighted by Crippen LogP contribution is -2.50. The minimum atomic E-state index is -1.05. The summed E-state index contributed by atoms with van der Waals surface area (Å²) in [5.41, 5.74) is 6.81. The average Bonchev–Trinajstić information content (AvgIpc) is 3.13. The molecule has 114 valence electrons. The van der Waals surface area contributed by atoms with Crippen LogP contribution >= 0.6 is 0 Å². The highest BCUT2D eigenvalue weighted by Crippen LogP contribution is 2.47. The molecule has 1 heterocycles. The first-order valence-corrected chi connectivity index (χ1v) is 7.32. The molecule has 2 fully saturated rings. The Morgan fingerprint density at radius 2 is 2.24 bits per heavy atom. The van der Waals surface area contributed by atoms with Crippen LogP contribution in [0.2, 0.25) is 0 Å². The highest BCUT2D eigenvalue weighted by Gasteiger charge is 2.49. The van der Waals surface area contributed by atoms with Crippen molar-refractivity contribution in [2.75, 3.05) is 0 Å². The number of rotatable bonds is 5. The fourth-order valence-electron chi connectivity index (χ4n) is 3.81. The summed E-state index contributed by atoms with van der Waals surface area (Å²) in [6.07, 6.45) is 6.35. The Bertz CT molecular complexity index is 528. The van der Waals surface area contributed by atoms with Crippen molar-refractivity contribution in [2.45, 2.75) is 37.8 Å². The standard InChI is InChI=1S/C14H20N4O3/c15-12-8-2-1-7(3-8)11(12)13(19)18-10(14(20)21)4-9-5-16-6-17-9/h5-8,10-12H,1-4,15H2,(H,16,17)(H,18,19)(H,20,21)/t7?,8?,10-,11?,12?/m0/s1. The van der Waals surface area contributed by atoms with E-state index in [-0.39, 0.29) is 24.3 Å². The molecule has 3 rings (SSSR count). The molecule has 5 N–H and O–H groups in total. The lowest BCUT2D eigenvalue weighted by molar-refractivity contribution is -0.142. The zero-order valence-corrected chi connectivity index (χ0v) is 11.7. The summed E-state index contributed by atoms with van der Waals surface area (Å²) < 4.78 is 0. The van der Waals surface area contributed by atoms with Crippen LogP contribution in [0.4, 0.5) is 0 Å². The van der Waals surface area contributed by atoms with Crippen molar-refractivity contribution in [1.82, 2.24) is 15.3 Å². The normalized spacial score (nSPS) is 32.0. The fourth-order valence-corrected chi connectivity index (χ4v) is 3.81. The van der Waals surface area contributed by atoms with Gasteiger partial charge in [-0.2, -0.15) is 0 Å². The van der Waals surface area contributed by atoms with Crippen LogP contribution in [0.3, 0.4) is 0 Å². The minimum absolute atomic E-state index is 0.134. The molecule has 1 amide bonds. The highest BCUT2D eigenvalue weighted by molar-refractivity contribution is 5.86. The number of nitrogens with two attached hydrogens (primary N) is 1. The van der Waals surface area contributed by atoms with Crippen molar-refractivity contribution in [3.63, 3.8) is 0 Å². The second kappa shape index (κ2) is 5.48. The van der Waals surface area contributed by atoms with Crippen LogP contribution in [0.5, 0.6) is 0 Å². The van der Waals surface area contributed by atoms with Gasteiger partial charge in [0.05, 0.1) is 12.2 Å². The number of carboxylic acids is 1. The summed E-state index contributed by atoms with van der Waals surface area (Å²) in [6.45, 7) is 0. The molecule has 0 aromatic carbocycles. The fraction of sp³-hybridized carbons (Fsp3) is 0.643. The molecule has 7 nitrogen and oxygen atoms in total. The molecule has 21 heavy (non-hydrogen) atoms. The SMILES string of the molecule is NC1C2CCC(C2)C1C(=O)N[C@@H](Cc1cnc[nH]1)C(=O)O. The van der Waals surface area contributed by atoms with Crippen LogP contribution in [-0.4, -0.2) is 39.0 Å². The molecule has 1 aromatic rings. The summed E-state index contributed by atoms with van der Waals surface area (Å²) in [5.74, 6) is -0.781. The third kappa shape index (κ3) is 2.65. The molecule has 0 aliphatic heterocycles. The Morgan fingerprint density at radius 1 is 1.48 bits per heavy atom. The Morgan fingerprint density at radius 3 is 2.81 bits per heavy atom. The maximum absolute atomic E-state index is 12.4. The topological polar surface area (TPSA) is 121 Å². The predicted molar refractivity (Wildman–Crippen MR) is 74.2 cm³/mol. The molecule has 0 saturated heterocycles. The Hall–Kier alpha value is -1.89. The van der Waals surface area contributed by atoms with Crippen LogP contribution in [0, 0.1) is 17.8 Å². The Kier molecular flexibility index (Phi) is 3.67. The van der Waals surface area contributed by atoms with E-state index in [9.17, 15) is 14.7 Å². The third-order valence-corrected chi connectivity index (χ3v) is 4.88. The van der Waals surface area contributed by atoms with E-state index >= 15 is 0 Å². The van der Waals surface area contributed by atoms with Crippen LogP contribution in [-0.2, 0) is 16.0 Å². The van der Waals surface area contributed by atoms with E-state index < -0.39 is 12.0 Å². The van der Waals surface area contributed by atoms with Gasteiger partial charge in [0.25, 0.3) is 0 Å². The molecule has 4 unspecified atom stereocenters. The van der Waals surface area contributed by atoms with Gasteiger partial charge in [0.1, 0.15) is 6.04 Å². The summed E-state index contributed by atoms with van der Waals surface area (Å²) in [6, 6.07) is -1.09. The number of aliphatic carboxylic acids is 1. The van der Waals surface area contributed by atoms with E-state index in [0.29, 0.717) is 17.5 Å². The zero-order chi connectivity index (χ0) is 15.0. The number of aromatic nitrogens is 2.